The Labute approximate surface area is 222 Å². The molecule has 36 heavy (non-hydrogen) atoms. The number of ketones is 1. The second kappa shape index (κ2) is 8.76. The SMILES string of the molecule is [2H]C([2H])(C)c1cc2c(cc1N1CC([2H])([2H])C([2H])(N3CCOCC3)C([2H])([2H])C1)C(C)(C)c1[nH]c3cc(C#N)ccc3c1C2=O. The van der Waals surface area contributed by atoms with Gasteiger partial charge in [-0.3, -0.25) is 9.69 Å². The van der Waals surface area contributed by atoms with Crippen LogP contribution >= 0.6 is 0 Å². The number of rotatable bonds is 3. The highest BCUT2D eigenvalue weighted by molar-refractivity contribution is 6.20. The number of carbonyl (C=O) groups excluding carboxylic acids is 1. The molecular weight excluding hydrogens is 448 g/mol. The average molecular weight is 490 g/mol. The van der Waals surface area contributed by atoms with E-state index in [0.717, 1.165) is 0 Å². The molecule has 1 aromatic heterocycles. The molecule has 1 N–H and O–H groups in total. The molecular formula is C30H34N4O2. The normalized spacial score (nSPS) is 27.2. The number of piperidine rings is 1. The number of anilines is 1. The van der Waals surface area contributed by atoms with Crippen molar-refractivity contribution in [3.8, 4) is 6.07 Å². The van der Waals surface area contributed by atoms with E-state index >= 15 is 0 Å². The predicted molar refractivity (Wildman–Crippen MR) is 142 cm³/mol. The number of morpholine rings is 1. The van der Waals surface area contributed by atoms with Crippen LogP contribution in [0.5, 0.6) is 0 Å². The minimum atomic E-state index is -2.34. The fourth-order valence-electron chi connectivity index (χ4n) is 5.64. The van der Waals surface area contributed by atoms with E-state index in [4.69, 9.17) is 13.0 Å². The van der Waals surface area contributed by atoms with Crippen LogP contribution in [0.25, 0.3) is 10.9 Å². The molecule has 0 radical (unpaired) electrons. The first-order valence-corrected chi connectivity index (χ1v) is 12.3. The number of aromatic amines is 1. The van der Waals surface area contributed by atoms with Gasteiger partial charge in [0, 0.05) is 75.1 Å². The van der Waals surface area contributed by atoms with Gasteiger partial charge in [0.1, 0.15) is 0 Å². The van der Waals surface area contributed by atoms with Crippen molar-refractivity contribution in [3.63, 3.8) is 0 Å². The van der Waals surface area contributed by atoms with Crippen molar-refractivity contribution in [2.24, 2.45) is 0 Å². The molecule has 2 fully saturated rings. The first kappa shape index (κ1) is 16.6. The van der Waals surface area contributed by atoms with E-state index in [9.17, 15) is 11.4 Å². The van der Waals surface area contributed by atoms with Gasteiger partial charge in [-0.15, -0.1) is 0 Å². The van der Waals surface area contributed by atoms with Crippen molar-refractivity contribution >= 4 is 22.4 Å². The van der Waals surface area contributed by atoms with E-state index in [1.807, 2.05) is 13.8 Å². The third kappa shape index (κ3) is 3.56. The summed E-state index contributed by atoms with van der Waals surface area (Å²) in [7, 11) is 0. The number of benzene rings is 2. The zero-order valence-electron chi connectivity index (χ0n) is 27.8. The van der Waals surface area contributed by atoms with Gasteiger partial charge in [0.15, 0.2) is 5.78 Å². The van der Waals surface area contributed by atoms with Crippen LogP contribution in [0.2, 0.25) is 0 Å². The fourth-order valence-corrected chi connectivity index (χ4v) is 5.64. The van der Waals surface area contributed by atoms with Gasteiger partial charge >= 0.3 is 0 Å². The molecule has 0 saturated carbocycles. The van der Waals surface area contributed by atoms with Crippen molar-refractivity contribution < 1.29 is 19.1 Å². The summed E-state index contributed by atoms with van der Waals surface area (Å²) in [5.41, 5.74) is 2.87. The van der Waals surface area contributed by atoms with E-state index in [0.29, 0.717) is 44.5 Å². The Kier molecular flexibility index (Phi) is 4.03. The monoisotopic (exact) mass is 489 g/mol. The number of carbonyl (C=O) groups is 1. The molecule has 6 rings (SSSR count). The molecule has 6 nitrogen and oxygen atoms in total. The number of hydrogen-bond donors (Lipinski definition) is 1. The molecule has 0 bridgehead atoms. The molecule has 3 heterocycles. The highest BCUT2D eigenvalue weighted by atomic mass is 16.5. The van der Waals surface area contributed by atoms with Gasteiger partial charge in [0.25, 0.3) is 0 Å². The predicted octanol–water partition coefficient (Wildman–Crippen LogP) is 4.77. The Bertz CT molecular complexity index is 1680. The van der Waals surface area contributed by atoms with E-state index in [2.05, 4.69) is 11.1 Å². The second-order valence-electron chi connectivity index (χ2n) is 10.0. The van der Waals surface area contributed by atoms with Crippen molar-refractivity contribution in [3.05, 3.63) is 63.8 Å². The molecule has 2 aromatic carbocycles. The highest BCUT2D eigenvalue weighted by Crippen LogP contribution is 2.46. The van der Waals surface area contributed by atoms with Gasteiger partial charge < -0.3 is 14.6 Å². The van der Waals surface area contributed by atoms with Gasteiger partial charge in [-0.25, -0.2) is 0 Å². The summed E-state index contributed by atoms with van der Waals surface area (Å²) in [6.45, 7) is 5.65. The van der Waals surface area contributed by atoms with Crippen LogP contribution < -0.4 is 4.90 Å². The number of fused-ring (bicyclic) bond motifs is 4. The lowest BCUT2D eigenvalue weighted by atomic mass is 9.70. The quantitative estimate of drug-likeness (QED) is 0.574. The van der Waals surface area contributed by atoms with Crippen LogP contribution in [0.15, 0.2) is 30.3 Å². The number of nitriles is 1. The Balaban J connectivity index is 1.51. The summed E-state index contributed by atoms with van der Waals surface area (Å²) >= 11 is 0. The molecule has 3 aromatic rings. The van der Waals surface area contributed by atoms with E-state index in [-0.39, 0.29) is 50.7 Å². The highest BCUT2D eigenvalue weighted by Gasteiger charge is 2.40. The minimum absolute atomic E-state index is 0.154. The maximum absolute atomic E-state index is 14.1. The number of nitrogens with zero attached hydrogens (tertiary/aromatic N) is 3. The zero-order chi connectivity index (χ0) is 31.3. The number of H-pyrrole nitrogens is 1. The molecule has 0 amide bonds. The number of aryl methyl sites for hydroxylation is 1. The average Bonchev–Trinajstić information content (AvgIpc) is 3.33. The second-order valence-corrected chi connectivity index (χ2v) is 10.0. The number of nitrogens with one attached hydrogen (secondary N) is 1. The molecule has 6 heteroatoms. The van der Waals surface area contributed by atoms with Crippen LogP contribution in [0.3, 0.4) is 0 Å². The summed E-state index contributed by atoms with van der Waals surface area (Å²) in [4.78, 5) is 20.5. The standard InChI is InChI=1S/C30H34N4O2/c1-4-20-16-23-24(17-26(20)34-9-7-21(8-10-34)33-11-13-36-14-12-33)30(2,3)29-27(28(23)35)22-6-5-19(18-31)15-25(22)32-29/h5-6,15-17,21,32H,4,7-14H2,1-3H3/i4D2,7D2,8D2,21D. The zero-order valence-corrected chi connectivity index (χ0v) is 20.8. The number of ether oxygens (including phenoxy) is 1. The molecule has 0 unspecified atom stereocenters. The lowest BCUT2D eigenvalue weighted by Gasteiger charge is -2.42. The van der Waals surface area contributed by atoms with Crippen molar-refractivity contribution in [2.45, 2.75) is 51.3 Å². The maximum atomic E-state index is 14.1. The van der Waals surface area contributed by atoms with Gasteiger partial charge in [0.2, 0.25) is 0 Å². The Hall–Kier alpha value is -3.14. The topological polar surface area (TPSA) is 72.4 Å². The van der Waals surface area contributed by atoms with Crippen LogP contribution in [-0.4, -0.2) is 61.1 Å². The lowest BCUT2D eigenvalue weighted by molar-refractivity contribution is 0.0115. The summed E-state index contributed by atoms with van der Waals surface area (Å²) in [6.07, 6.45) is -6.63. The van der Waals surface area contributed by atoms with Gasteiger partial charge in [-0.2, -0.15) is 5.26 Å². The van der Waals surface area contributed by atoms with Gasteiger partial charge in [-0.1, -0.05) is 26.8 Å². The summed E-state index contributed by atoms with van der Waals surface area (Å²) in [6, 6.07) is 8.28. The fraction of sp³-hybridized carbons (Fsp3) is 0.467. The smallest absolute Gasteiger partial charge is 0.195 e. The van der Waals surface area contributed by atoms with E-state index < -0.39 is 30.6 Å². The van der Waals surface area contributed by atoms with Crippen LogP contribution in [0.1, 0.15) is 81.4 Å². The summed E-state index contributed by atoms with van der Waals surface area (Å²) in [5, 5.41) is 10.1. The van der Waals surface area contributed by atoms with Gasteiger partial charge in [0.05, 0.1) is 30.4 Å². The third-order valence-electron chi connectivity index (χ3n) is 7.65. The Morgan fingerprint density at radius 2 is 1.97 bits per heavy atom. The molecule has 0 atom stereocenters. The van der Waals surface area contributed by atoms with Crippen LogP contribution in [0.4, 0.5) is 5.69 Å². The first-order chi connectivity index (χ1) is 19.9. The summed E-state index contributed by atoms with van der Waals surface area (Å²) in [5.74, 6) is -0.279. The van der Waals surface area contributed by atoms with Gasteiger partial charge in [-0.05, 0) is 54.5 Å². The van der Waals surface area contributed by atoms with Crippen molar-refractivity contribution in [1.82, 2.24) is 9.88 Å². The van der Waals surface area contributed by atoms with Crippen molar-refractivity contribution in [2.75, 3.05) is 44.3 Å². The number of aromatic nitrogens is 1. The Morgan fingerprint density at radius 3 is 2.67 bits per heavy atom. The minimum Gasteiger partial charge on any atom is -0.379 e. The maximum Gasteiger partial charge on any atom is 0.195 e. The molecule has 186 valence electrons. The molecule has 2 saturated heterocycles. The molecule has 1 aliphatic carbocycles. The van der Waals surface area contributed by atoms with Crippen molar-refractivity contribution in [1.29, 1.82) is 5.26 Å². The Morgan fingerprint density at radius 1 is 1.22 bits per heavy atom. The largest absolute Gasteiger partial charge is 0.379 e. The first-order valence-electron chi connectivity index (χ1n) is 15.8. The third-order valence-corrected chi connectivity index (χ3v) is 7.65. The summed E-state index contributed by atoms with van der Waals surface area (Å²) < 4.78 is 68.0. The lowest BCUT2D eigenvalue weighted by Crippen LogP contribution is -2.49. The van der Waals surface area contributed by atoms with Crippen LogP contribution in [-0.2, 0) is 16.5 Å². The van der Waals surface area contributed by atoms with Crippen LogP contribution in [0, 0.1) is 11.3 Å². The van der Waals surface area contributed by atoms with E-state index in [1.165, 1.54) is 22.8 Å². The molecule has 0 spiro atoms. The van der Waals surface area contributed by atoms with E-state index in [1.54, 1.807) is 24.3 Å². The number of hydrogen-bond acceptors (Lipinski definition) is 5. The molecule has 3 aliphatic rings. The molecule has 2 aliphatic heterocycles.